The molecule has 1 aromatic rings. The summed E-state index contributed by atoms with van der Waals surface area (Å²) in [6, 6.07) is 7.22. The molecule has 0 amide bonds. The number of benzene rings is 1. The van der Waals surface area contributed by atoms with Gasteiger partial charge in [-0.05, 0) is 0 Å². The Bertz CT molecular complexity index is 168. The van der Waals surface area contributed by atoms with Crippen molar-refractivity contribution < 1.29 is 29.8 Å². The van der Waals surface area contributed by atoms with Gasteiger partial charge in [-0.15, -0.1) is 0 Å². The van der Waals surface area contributed by atoms with E-state index in [9.17, 15) is 0 Å². The molecule has 0 heterocycles. The normalized spacial score (nSPS) is 9.12. The van der Waals surface area contributed by atoms with Crippen molar-refractivity contribution in [1.29, 1.82) is 0 Å². The van der Waals surface area contributed by atoms with Crippen molar-refractivity contribution in [3.8, 4) is 5.75 Å². The molecule has 0 aliphatic rings. The second kappa shape index (κ2) is 2.45. The monoisotopic (exact) mass is 303 g/mol. The van der Waals surface area contributed by atoms with Crippen molar-refractivity contribution in [2.45, 2.75) is 0 Å². The molecule has 8 heavy (non-hydrogen) atoms. The molecule has 1 aromatic carbocycles. The van der Waals surface area contributed by atoms with Gasteiger partial charge in [-0.1, -0.05) is 0 Å². The van der Waals surface area contributed by atoms with E-state index in [0.717, 1.165) is 3.27 Å². The van der Waals surface area contributed by atoms with E-state index in [-0.39, 0.29) is 0 Å². The van der Waals surface area contributed by atoms with Crippen molar-refractivity contribution in [1.82, 2.24) is 0 Å². The molecule has 0 aliphatic carbocycles. The Morgan fingerprint density at radius 3 is 2.50 bits per heavy atom. The number of aromatic hydroxyl groups is 1. The number of phenols is 1. The van der Waals surface area contributed by atoms with E-state index < -0.39 is 0 Å². The summed E-state index contributed by atoms with van der Waals surface area (Å²) in [6.07, 6.45) is 0. The topological polar surface area (TPSA) is 20.2 Å². The van der Waals surface area contributed by atoms with Crippen LogP contribution in [0.2, 0.25) is 0 Å². The van der Waals surface area contributed by atoms with E-state index in [1.807, 2.05) is 12.1 Å². The van der Waals surface area contributed by atoms with Crippen LogP contribution in [0.25, 0.3) is 0 Å². The molecule has 0 aromatic heterocycles. The molecule has 0 bridgehead atoms. The molecule has 1 rings (SSSR count). The van der Waals surface area contributed by atoms with Crippen LogP contribution in [0.5, 0.6) is 5.75 Å². The molecule has 2 heteroatoms. The van der Waals surface area contributed by atoms with Crippen LogP contribution < -0.4 is 3.27 Å². The number of phenolic OH excluding ortho intramolecular Hbond substituents is 1. The fourth-order valence-corrected chi connectivity index (χ4v) is 1.19. The number of hydrogen-bond acceptors (Lipinski definition) is 1. The maximum absolute atomic E-state index is 8.82. The van der Waals surface area contributed by atoms with Crippen molar-refractivity contribution in [3.63, 3.8) is 0 Å². The van der Waals surface area contributed by atoms with Crippen LogP contribution in [-0.2, 0) is 0 Å². The van der Waals surface area contributed by atoms with Gasteiger partial charge in [0, 0.05) is 0 Å². The maximum atomic E-state index is 8.82. The van der Waals surface area contributed by atoms with Crippen LogP contribution in [0.15, 0.2) is 24.3 Å². The van der Waals surface area contributed by atoms with Gasteiger partial charge in [0.1, 0.15) is 0 Å². The van der Waals surface area contributed by atoms with Gasteiger partial charge in [0.15, 0.2) is 0 Å². The third-order valence-corrected chi connectivity index (χ3v) is 1.72. The number of hydrogen-bond donors (Lipinski definition) is 1. The van der Waals surface area contributed by atoms with E-state index in [1.54, 1.807) is 36.9 Å². The third-order valence-electron chi connectivity index (χ3n) is 0.808. The Labute approximate surface area is 63.2 Å². The van der Waals surface area contributed by atoms with Gasteiger partial charge < -0.3 is 0 Å². The predicted molar refractivity (Wildman–Crippen MR) is 27.7 cm³/mol. The zero-order valence-corrected chi connectivity index (χ0v) is 7.07. The Kier molecular flexibility index (Phi) is 1.85. The van der Waals surface area contributed by atoms with Gasteiger partial charge in [-0.25, -0.2) is 0 Å². The second-order valence-corrected chi connectivity index (χ2v) is 3.18. The zero-order valence-electron chi connectivity index (χ0n) is 4.13. The molecule has 0 radical (unpaired) electrons. The summed E-state index contributed by atoms with van der Waals surface area (Å²) < 4.78 is 1.14. The second-order valence-electron chi connectivity index (χ2n) is 1.48. The molecule has 0 saturated carbocycles. The van der Waals surface area contributed by atoms with E-state index in [0.29, 0.717) is 5.75 Å². The first-order chi connectivity index (χ1) is 3.79. The van der Waals surface area contributed by atoms with Gasteiger partial charge in [-0.3, -0.25) is 0 Å². The first kappa shape index (κ1) is 6.03. The Hall–Kier alpha value is -0.0969. The molecule has 1 N–H and O–H groups in total. The summed E-state index contributed by atoms with van der Waals surface area (Å²) in [7, 11) is 0. The first-order valence-electron chi connectivity index (χ1n) is 2.23. The molecule has 0 fully saturated rings. The SMILES string of the molecule is Oc1cccc([At])c1. The molecular formula is C6H5AtO. The molecule has 0 atom stereocenters. The minimum absolute atomic E-state index is 0.352. The van der Waals surface area contributed by atoms with Crippen LogP contribution in [0.3, 0.4) is 0 Å². The van der Waals surface area contributed by atoms with Gasteiger partial charge in [0.25, 0.3) is 0 Å². The molecular weight excluding hydrogens is 298 g/mol. The van der Waals surface area contributed by atoms with Crippen LogP contribution in [0.4, 0.5) is 0 Å². The van der Waals surface area contributed by atoms with Gasteiger partial charge in [0.05, 0.1) is 0 Å². The van der Waals surface area contributed by atoms with Crippen LogP contribution in [0.1, 0.15) is 0 Å². The molecule has 42 valence electrons. The van der Waals surface area contributed by atoms with Crippen molar-refractivity contribution in [2.75, 3.05) is 0 Å². The van der Waals surface area contributed by atoms with E-state index in [1.165, 1.54) is 0 Å². The van der Waals surface area contributed by atoms with Gasteiger partial charge >= 0.3 is 63.1 Å². The van der Waals surface area contributed by atoms with Crippen molar-refractivity contribution in [3.05, 3.63) is 24.3 Å². The van der Waals surface area contributed by atoms with E-state index in [4.69, 9.17) is 5.11 Å². The Morgan fingerprint density at radius 2 is 2.12 bits per heavy atom. The molecule has 1 nitrogen and oxygen atoms in total. The first-order valence-corrected chi connectivity index (χ1v) is 3.70. The average Bonchev–Trinajstić information content (AvgIpc) is 1.64. The summed E-state index contributed by atoms with van der Waals surface area (Å²) in [4.78, 5) is 0. The van der Waals surface area contributed by atoms with Crippen molar-refractivity contribution >= 4 is 3.27 Å². The minimum atomic E-state index is 0.352. The molecule has 0 aliphatic heterocycles. The number of rotatable bonds is 0. The summed E-state index contributed by atoms with van der Waals surface area (Å²) >= 11 is 1.57. The van der Waals surface area contributed by atoms with Crippen LogP contribution in [-0.4, -0.2) is 5.11 Å². The van der Waals surface area contributed by atoms with E-state index in [2.05, 4.69) is 0 Å². The van der Waals surface area contributed by atoms with Crippen molar-refractivity contribution in [2.24, 2.45) is 0 Å². The third kappa shape index (κ3) is 1.45. The standard InChI is InChI=1S/C6H5AtO/c7-5-2-1-3-6(8)4-5/h1-4,8H. The average molecular weight is 303 g/mol. The van der Waals surface area contributed by atoms with Crippen LogP contribution >= 0.6 is 0 Å². The molecule has 0 unspecified atom stereocenters. The summed E-state index contributed by atoms with van der Waals surface area (Å²) in [5.41, 5.74) is 0. The summed E-state index contributed by atoms with van der Waals surface area (Å²) in [5.74, 6) is 0.352. The van der Waals surface area contributed by atoms with Gasteiger partial charge in [0.2, 0.25) is 0 Å². The Morgan fingerprint density at radius 1 is 1.38 bits per heavy atom. The molecule has 0 saturated heterocycles. The zero-order chi connectivity index (χ0) is 5.98. The fraction of sp³-hybridized carbons (Fsp3) is 0. The molecule has 0 spiro atoms. The quantitative estimate of drug-likeness (QED) is 0.743. The van der Waals surface area contributed by atoms with E-state index >= 15 is 0 Å². The van der Waals surface area contributed by atoms with Gasteiger partial charge in [-0.2, -0.15) is 0 Å². The fourth-order valence-electron chi connectivity index (χ4n) is 0.476. The van der Waals surface area contributed by atoms with Crippen LogP contribution in [0, 0.1) is 24.7 Å². The Balaban J connectivity index is 3.08. The summed E-state index contributed by atoms with van der Waals surface area (Å²) in [6.45, 7) is 0. The predicted octanol–water partition coefficient (Wildman–Crippen LogP) is 0.567. The summed E-state index contributed by atoms with van der Waals surface area (Å²) in [5, 5.41) is 8.82.